The number of aromatic nitrogens is 5. The van der Waals surface area contributed by atoms with Gasteiger partial charge in [0.25, 0.3) is 5.56 Å². The molecule has 206 valence electrons. The third-order valence-corrected chi connectivity index (χ3v) is 8.80. The van der Waals surface area contributed by atoms with Crippen LogP contribution in [0.3, 0.4) is 0 Å². The number of nitrogens with two attached hydrogens (primary N) is 1. The molecule has 8 nitrogen and oxygen atoms in total. The van der Waals surface area contributed by atoms with E-state index in [1.807, 2.05) is 49.6 Å². The molecule has 0 amide bonds. The van der Waals surface area contributed by atoms with Crippen molar-refractivity contribution in [3.63, 3.8) is 0 Å². The van der Waals surface area contributed by atoms with Crippen LogP contribution >= 0.6 is 20.6 Å². The van der Waals surface area contributed by atoms with Crippen molar-refractivity contribution in [2.75, 3.05) is 5.73 Å². The fourth-order valence-corrected chi connectivity index (χ4v) is 6.46. The zero-order chi connectivity index (χ0) is 28.4. The number of halogens is 1. The van der Waals surface area contributed by atoms with Crippen molar-refractivity contribution < 1.29 is 9.13 Å². The van der Waals surface area contributed by atoms with E-state index in [0.717, 1.165) is 39.8 Å². The lowest BCUT2D eigenvalue weighted by Crippen LogP contribution is -2.21. The second-order valence-corrected chi connectivity index (χ2v) is 11.9. The van der Waals surface area contributed by atoms with Gasteiger partial charge in [0.15, 0.2) is 17.2 Å². The monoisotopic (exact) mass is 584 g/mol. The summed E-state index contributed by atoms with van der Waals surface area (Å²) in [6, 6.07) is 14.2. The summed E-state index contributed by atoms with van der Waals surface area (Å²) in [6.45, 7) is 3.90. The lowest BCUT2D eigenvalue weighted by molar-refractivity contribution is 0.287. The van der Waals surface area contributed by atoms with Crippen LogP contribution in [0.5, 0.6) is 5.75 Å². The number of anilines is 1. The molecule has 4 heterocycles. The molecule has 0 aliphatic heterocycles. The van der Waals surface area contributed by atoms with Crippen LogP contribution in [0.15, 0.2) is 65.0 Å². The van der Waals surface area contributed by atoms with Crippen LogP contribution in [0, 0.1) is 12.7 Å². The summed E-state index contributed by atoms with van der Waals surface area (Å²) >= 11 is 1.51. The lowest BCUT2D eigenvalue weighted by Gasteiger charge is -2.18. The highest BCUT2D eigenvalue weighted by Gasteiger charge is 2.27. The molecule has 0 bridgehead atoms. The Bertz CT molecular complexity index is 2050. The number of ether oxygens (including phenoxy) is 1. The van der Waals surface area contributed by atoms with E-state index in [1.54, 1.807) is 21.2 Å². The van der Waals surface area contributed by atoms with E-state index in [1.165, 1.54) is 23.7 Å². The molecule has 0 saturated heterocycles. The topological polar surface area (TPSA) is 100 Å². The average molecular weight is 585 g/mol. The molecule has 1 unspecified atom stereocenters. The molecular weight excluding hydrogens is 558 g/mol. The van der Waals surface area contributed by atoms with Gasteiger partial charge in [-0.2, -0.15) is 5.10 Å². The first-order valence-corrected chi connectivity index (χ1v) is 14.7. The van der Waals surface area contributed by atoms with Gasteiger partial charge in [0, 0.05) is 16.6 Å². The quantitative estimate of drug-likeness (QED) is 0.259. The SMILES string of the molecule is Cc1csc2cc([C@H](C)n3nc(-c4ccc(OC5CC5)c(F)c4)c4c(N)ncnc43)c(-c3cccc(P)c3)c(=O)n12. The maximum absolute atomic E-state index is 15.1. The molecular formula is C30H26FN6O2PS. The van der Waals surface area contributed by atoms with Gasteiger partial charge in [-0.15, -0.1) is 20.6 Å². The molecule has 1 saturated carbocycles. The van der Waals surface area contributed by atoms with Crippen LogP contribution in [0.25, 0.3) is 38.2 Å². The molecule has 6 aromatic rings. The van der Waals surface area contributed by atoms with E-state index in [2.05, 4.69) is 19.2 Å². The Morgan fingerprint density at radius 3 is 2.73 bits per heavy atom. The van der Waals surface area contributed by atoms with E-state index < -0.39 is 11.9 Å². The summed E-state index contributed by atoms with van der Waals surface area (Å²) in [5.74, 6) is -0.00670. The predicted octanol–water partition coefficient (Wildman–Crippen LogP) is 5.52. The first-order chi connectivity index (χ1) is 19.8. The number of hydrogen-bond acceptors (Lipinski definition) is 7. The van der Waals surface area contributed by atoms with E-state index in [0.29, 0.717) is 27.9 Å². The minimum Gasteiger partial charge on any atom is -0.487 e. The zero-order valence-electron chi connectivity index (χ0n) is 22.3. The molecule has 4 aromatic heterocycles. The molecule has 0 radical (unpaired) electrons. The van der Waals surface area contributed by atoms with Crippen LogP contribution in [0.1, 0.15) is 37.1 Å². The molecule has 1 fully saturated rings. The Balaban J connectivity index is 1.44. The van der Waals surface area contributed by atoms with Crippen LogP contribution in [0.4, 0.5) is 10.2 Å². The van der Waals surface area contributed by atoms with E-state index in [9.17, 15) is 4.79 Å². The Morgan fingerprint density at radius 1 is 1.15 bits per heavy atom. The molecule has 2 aromatic carbocycles. The van der Waals surface area contributed by atoms with Crippen molar-refractivity contribution >= 4 is 47.6 Å². The van der Waals surface area contributed by atoms with Gasteiger partial charge in [-0.3, -0.25) is 9.20 Å². The van der Waals surface area contributed by atoms with Crippen molar-refractivity contribution in [3.05, 3.63) is 87.7 Å². The van der Waals surface area contributed by atoms with Gasteiger partial charge in [-0.1, -0.05) is 18.2 Å². The minimum atomic E-state index is -0.466. The highest BCUT2D eigenvalue weighted by molar-refractivity contribution is 7.27. The Hall–Kier alpha value is -4.14. The minimum absolute atomic E-state index is 0.0787. The summed E-state index contributed by atoms with van der Waals surface area (Å²) in [6.07, 6.45) is 3.34. The second-order valence-electron chi connectivity index (χ2n) is 10.3. The molecule has 2 N–H and O–H groups in total. The first-order valence-electron chi connectivity index (χ1n) is 13.2. The Kier molecular flexibility index (Phi) is 6.14. The fraction of sp³-hybridized carbons (Fsp3) is 0.200. The number of thiazole rings is 1. The number of pyridine rings is 1. The van der Waals surface area contributed by atoms with Gasteiger partial charge < -0.3 is 10.5 Å². The number of aryl methyl sites for hydroxylation is 1. The van der Waals surface area contributed by atoms with Crippen molar-refractivity contribution in [1.29, 1.82) is 0 Å². The maximum atomic E-state index is 15.1. The van der Waals surface area contributed by atoms with E-state index >= 15 is 4.39 Å². The normalized spacial score (nSPS) is 14.1. The van der Waals surface area contributed by atoms with Crippen molar-refractivity contribution in [2.24, 2.45) is 0 Å². The maximum Gasteiger partial charge on any atom is 0.264 e. The van der Waals surface area contributed by atoms with Crippen LogP contribution < -0.4 is 21.3 Å². The number of benzene rings is 2. The van der Waals surface area contributed by atoms with Gasteiger partial charge in [-0.05, 0) is 73.5 Å². The smallest absolute Gasteiger partial charge is 0.264 e. The molecule has 0 spiro atoms. The van der Waals surface area contributed by atoms with Gasteiger partial charge in [0.05, 0.1) is 23.1 Å². The predicted molar refractivity (Wildman–Crippen MR) is 164 cm³/mol. The van der Waals surface area contributed by atoms with Gasteiger partial charge in [0.1, 0.15) is 22.7 Å². The summed E-state index contributed by atoms with van der Waals surface area (Å²) in [7, 11) is 2.69. The van der Waals surface area contributed by atoms with Crippen molar-refractivity contribution in [1.82, 2.24) is 24.1 Å². The van der Waals surface area contributed by atoms with Crippen LogP contribution in [0.2, 0.25) is 0 Å². The zero-order valence-corrected chi connectivity index (χ0v) is 24.3. The third kappa shape index (κ3) is 4.38. The highest BCUT2D eigenvalue weighted by atomic mass is 32.1. The van der Waals surface area contributed by atoms with Crippen molar-refractivity contribution in [2.45, 2.75) is 38.8 Å². The number of nitrogen functional groups attached to an aromatic ring is 1. The molecule has 11 heteroatoms. The largest absolute Gasteiger partial charge is 0.487 e. The number of hydrogen-bond donors (Lipinski definition) is 1. The molecule has 7 rings (SSSR count). The average Bonchev–Trinajstić information content (AvgIpc) is 3.56. The van der Waals surface area contributed by atoms with E-state index in [4.69, 9.17) is 15.6 Å². The highest BCUT2D eigenvalue weighted by Crippen LogP contribution is 2.37. The number of fused-ring (bicyclic) bond motifs is 2. The first kappa shape index (κ1) is 25.8. The standard InChI is InChI=1S/C30H26FN6O2PS/c1-15-13-41-24-12-21(25(30(38)36(15)24)17-4-3-5-20(40)10-17)16(2)37-29-26(28(32)33-14-34-29)27(35-37)18-6-9-23(22(31)11-18)39-19-7-8-19/h3-6,9-14,16,19H,7-8,40H2,1-2H3,(H2,32,33,34)/t16-/m0/s1. The summed E-state index contributed by atoms with van der Waals surface area (Å²) in [4.78, 5) is 23.6. The summed E-state index contributed by atoms with van der Waals surface area (Å²) in [5, 5.41) is 8.39. The van der Waals surface area contributed by atoms with Crippen molar-refractivity contribution in [3.8, 4) is 28.1 Å². The molecule has 41 heavy (non-hydrogen) atoms. The number of rotatable bonds is 6. The fourth-order valence-electron chi connectivity index (χ4n) is 5.25. The molecule has 2 atom stereocenters. The van der Waals surface area contributed by atoms with E-state index in [-0.39, 0.29) is 23.2 Å². The third-order valence-electron chi connectivity index (χ3n) is 7.44. The van der Waals surface area contributed by atoms with Crippen LogP contribution in [-0.4, -0.2) is 30.3 Å². The summed E-state index contributed by atoms with van der Waals surface area (Å²) in [5.41, 5.74) is 10.8. The molecule has 1 aliphatic rings. The van der Waals surface area contributed by atoms with Crippen LogP contribution in [-0.2, 0) is 0 Å². The number of nitrogens with zero attached hydrogens (tertiary/aromatic N) is 5. The van der Waals surface area contributed by atoms with Gasteiger partial charge >= 0.3 is 0 Å². The summed E-state index contributed by atoms with van der Waals surface area (Å²) < 4.78 is 24.2. The van der Waals surface area contributed by atoms with Gasteiger partial charge in [0.2, 0.25) is 0 Å². The Labute approximate surface area is 240 Å². The lowest BCUT2D eigenvalue weighted by atomic mass is 9.97. The second kappa shape index (κ2) is 9.75. The molecule has 1 aliphatic carbocycles. The van der Waals surface area contributed by atoms with Gasteiger partial charge in [-0.25, -0.2) is 19.0 Å². The Morgan fingerprint density at radius 2 is 1.98 bits per heavy atom.